The van der Waals surface area contributed by atoms with Gasteiger partial charge in [0.05, 0.1) is 0 Å². The van der Waals surface area contributed by atoms with Crippen molar-refractivity contribution in [1.29, 1.82) is 0 Å². The SMILES string of the molecule is Cc1ccc2nc(CC(C)C)oc2n1. The van der Waals surface area contributed by atoms with Crippen LogP contribution in [0.15, 0.2) is 16.5 Å². The Hall–Kier alpha value is -1.38. The van der Waals surface area contributed by atoms with Gasteiger partial charge in [-0.25, -0.2) is 9.97 Å². The summed E-state index contributed by atoms with van der Waals surface area (Å²) in [5.74, 6) is 1.34. The summed E-state index contributed by atoms with van der Waals surface area (Å²) in [6, 6.07) is 3.90. The molecule has 2 rings (SSSR count). The van der Waals surface area contributed by atoms with E-state index in [4.69, 9.17) is 4.42 Å². The summed E-state index contributed by atoms with van der Waals surface area (Å²) in [6.07, 6.45) is 0.870. The zero-order chi connectivity index (χ0) is 10.1. The number of rotatable bonds is 2. The van der Waals surface area contributed by atoms with E-state index in [0.717, 1.165) is 23.5 Å². The maximum Gasteiger partial charge on any atom is 0.247 e. The van der Waals surface area contributed by atoms with E-state index in [0.29, 0.717) is 11.6 Å². The van der Waals surface area contributed by atoms with E-state index < -0.39 is 0 Å². The third-order valence-electron chi connectivity index (χ3n) is 2.02. The Morgan fingerprint density at radius 2 is 2.07 bits per heavy atom. The fraction of sp³-hybridized carbons (Fsp3) is 0.455. The molecule has 3 heteroatoms. The maximum atomic E-state index is 5.54. The lowest BCUT2D eigenvalue weighted by atomic mass is 10.1. The number of oxazole rings is 1. The van der Waals surface area contributed by atoms with Crippen LogP contribution in [-0.2, 0) is 6.42 Å². The molecule has 74 valence electrons. The second kappa shape index (κ2) is 3.40. The molecule has 0 saturated heterocycles. The lowest BCUT2D eigenvalue weighted by Gasteiger charge is -1.96. The number of fused-ring (bicyclic) bond motifs is 1. The Balaban J connectivity index is 2.41. The van der Waals surface area contributed by atoms with E-state index in [1.165, 1.54) is 0 Å². The van der Waals surface area contributed by atoms with Crippen molar-refractivity contribution in [3.63, 3.8) is 0 Å². The minimum Gasteiger partial charge on any atom is -0.422 e. The molecule has 0 amide bonds. The van der Waals surface area contributed by atoms with Crippen LogP contribution in [0, 0.1) is 12.8 Å². The van der Waals surface area contributed by atoms with Gasteiger partial charge in [-0.1, -0.05) is 13.8 Å². The number of pyridine rings is 1. The van der Waals surface area contributed by atoms with E-state index in [9.17, 15) is 0 Å². The van der Waals surface area contributed by atoms with E-state index >= 15 is 0 Å². The quantitative estimate of drug-likeness (QED) is 0.730. The zero-order valence-corrected chi connectivity index (χ0v) is 8.74. The summed E-state index contributed by atoms with van der Waals surface area (Å²) < 4.78 is 5.54. The van der Waals surface area contributed by atoms with Crippen LogP contribution in [-0.4, -0.2) is 9.97 Å². The predicted octanol–water partition coefficient (Wildman–Crippen LogP) is 2.73. The molecule has 0 radical (unpaired) electrons. The van der Waals surface area contributed by atoms with Gasteiger partial charge in [-0.3, -0.25) is 0 Å². The topological polar surface area (TPSA) is 38.9 Å². The Kier molecular flexibility index (Phi) is 2.23. The van der Waals surface area contributed by atoms with Gasteiger partial charge in [-0.15, -0.1) is 0 Å². The van der Waals surface area contributed by atoms with Crippen LogP contribution in [0.2, 0.25) is 0 Å². The van der Waals surface area contributed by atoms with Crippen molar-refractivity contribution in [2.75, 3.05) is 0 Å². The normalized spacial score (nSPS) is 11.4. The van der Waals surface area contributed by atoms with Crippen LogP contribution in [0.3, 0.4) is 0 Å². The van der Waals surface area contributed by atoms with E-state index in [2.05, 4.69) is 23.8 Å². The first-order chi connectivity index (χ1) is 6.65. The third kappa shape index (κ3) is 1.76. The molecule has 0 aromatic carbocycles. The molecule has 0 atom stereocenters. The molecule has 3 nitrogen and oxygen atoms in total. The largest absolute Gasteiger partial charge is 0.422 e. The highest BCUT2D eigenvalue weighted by molar-refractivity contribution is 5.67. The molecule has 0 unspecified atom stereocenters. The first kappa shape index (κ1) is 9.19. The predicted molar refractivity (Wildman–Crippen MR) is 55.1 cm³/mol. The molecular formula is C11H14N2O. The highest BCUT2D eigenvalue weighted by Crippen LogP contribution is 2.15. The summed E-state index contributed by atoms with van der Waals surface area (Å²) in [7, 11) is 0. The molecule has 0 aliphatic rings. The maximum absolute atomic E-state index is 5.54. The smallest absolute Gasteiger partial charge is 0.247 e. The van der Waals surface area contributed by atoms with E-state index in [-0.39, 0.29) is 0 Å². The minimum atomic E-state index is 0.559. The number of aryl methyl sites for hydroxylation is 1. The van der Waals surface area contributed by atoms with Crippen molar-refractivity contribution in [2.45, 2.75) is 27.2 Å². The highest BCUT2D eigenvalue weighted by atomic mass is 16.4. The highest BCUT2D eigenvalue weighted by Gasteiger charge is 2.08. The van der Waals surface area contributed by atoms with Gasteiger partial charge in [0.15, 0.2) is 5.89 Å². The number of nitrogens with zero attached hydrogens (tertiary/aromatic N) is 2. The molecule has 0 saturated carbocycles. The monoisotopic (exact) mass is 190 g/mol. The average Bonchev–Trinajstić information content (AvgIpc) is 2.44. The Bertz CT molecular complexity index is 445. The molecular weight excluding hydrogens is 176 g/mol. The second-order valence-corrected chi connectivity index (χ2v) is 3.98. The van der Waals surface area contributed by atoms with Crippen LogP contribution in [0.1, 0.15) is 25.4 Å². The molecule has 2 aromatic rings. The molecule has 0 spiro atoms. The van der Waals surface area contributed by atoms with Gasteiger partial charge in [0.25, 0.3) is 0 Å². The molecule has 0 bridgehead atoms. The van der Waals surface area contributed by atoms with E-state index in [1.807, 2.05) is 19.1 Å². The molecule has 14 heavy (non-hydrogen) atoms. The lowest BCUT2D eigenvalue weighted by Crippen LogP contribution is -1.93. The van der Waals surface area contributed by atoms with Crippen molar-refractivity contribution in [2.24, 2.45) is 5.92 Å². The van der Waals surface area contributed by atoms with Gasteiger partial charge in [-0.2, -0.15) is 0 Å². The molecule has 0 fully saturated rings. The number of hydrogen-bond donors (Lipinski definition) is 0. The van der Waals surface area contributed by atoms with Crippen LogP contribution in [0.4, 0.5) is 0 Å². The van der Waals surface area contributed by atoms with E-state index in [1.54, 1.807) is 0 Å². The fourth-order valence-corrected chi connectivity index (χ4v) is 1.39. The second-order valence-electron chi connectivity index (χ2n) is 3.98. The molecule has 0 N–H and O–H groups in total. The van der Waals surface area contributed by atoms with Crippen molar-refractivity contribution >= 4 is 11.2 Å². The molecule has 2 heterocycles. The van der Waals surface area contributed by atoms with Crippen LogP contribution >= 0.6 is 0 Å². The van der Waals surface area contributed by atoms with Crippen LogP contribution < -0.4 is 0 Å². The summed E-state index contributed by atoms with van der Waals surface area (Å²) >= 11 is 0. The Morgan fingerprint density at radius 1 is 1.29 bits per heavy atom. The van der Waals surface area contributed by atoms with Gasteiger partial charge in [0.2, 0.25) is 5.71 Å². The van der Waals surface area contributed by atoms with Gasteiger partial charge in [0, 0.05) is 12.1 Å². The van der Waals surface area contributed by atoms with Crippen molar-refractivity contribution in [1.82, 2.24) is 9.97 Å². The van der Waals surface area contributed by atoms with Crippen molar-refractivity contribution < 1.29 is 4.42 Å². The molecule has 0 aliphatic carbocycles. The van der Waals surface area contributed by atoms with Crippen molar-refractivity contribution in [3.8, 4) is 0 Å². The number of hydrogen-bond acceptors (Lipinski definition) is 3. The standard InChI is InChI=1S/C11H14N2O/c1-7(2)6-10-13-9-5-4-8(3)12-11(9)14-10/h4-5,7H,6H2,1-3H3. The fourth-order valence-electron chi connectivity index (χ4n) is 1.39. The Labute approximate surface area is 83.2 Å². The van der Waals surface area contributed by atoms with Crippen LogP contribution in [0.5, 0.6) is 0 Å². The number of aromatic nitrogens is 2. The third-order valence-corrected chi connectivity index (χ3v) is 2.02. The van der Waals surface area contributed by atoms with Gasteiger partial charge in [0.1, 0.15) is 5.52 Å². The average molecular weight is 190 g/mol. The van der Waals surface area contributed by atoms with Crippen molar-refractivity contribution in [3.05, 3.63) is 23.7 Å². The summed E-state index contributed by atoms with van der Waals surface area (Å²) in [6.45, 7) is 6.24. The molecule has 0 aliphatic heterocycles. The Morgan fingerprint density at radius 3 is 2.79 bits per heavy atom. The van der Waals surface area contributed by atoms with Gasteiger partial charge >= 0.3 is 0 Å². The van der Waals surface area contributed by atoms with Gasteiger partial charge in [-0.05, 0) is 25.0 Å². The first-order valence-electron chi connectivity index (χ1n) is 4.88. The lowest BCUT2D eigenvalue weighted by molar-refractivity contribution is 0.477. The summed E-state index contributed by atoms with van der Waals surface area (Å²) in [5.41, 5.74) is 2.47. The van der Waals surface area contributed by atoms with Crippen LogP contribution in [0.25, 0.3) is 11.2 Å². The zero-order valence-electron chi connectivity index (χ0n) is 8.74. The summed E-state index contributed by atoms with van der Waals surface area (Å²) in [5, 5.41) is 0. The molecule has 2 aromatic heterocycles. The minimum absolute atomic E-state index is 0.559. The summed E-state index contributed by atoms with van der Waals surface area (Å²) in [4.78, 5) is 8.64. The first-order valence-corrected chi connectivity index (χ1v) is 4.88. The van der Waals surface area contributed by atoms with Gasteiger partial charge < -0.3 is 4.42 Å².